The molecule has 0 bridgehead atoms. The van der Waals surface area contributed by atoms with Crippen molar-refractivity contribution in [2.75, 3.05) is 40.0 Å². The molecule has 1 saturated heterocycles. The van der Waals surface area contributed by atoms with E-state index in [1.165, 1.54) is 0 Å². The molecule has 0 spiro atoms. The number of ether oxygens (including phenoxy) is 2. The Kier molecular flexibility index (Phi) is 11.1. The molecular weight excluding hydrogens is 409 g/mol. The van der Waals surface area contributed by atoms with E-state index in [0.29, 0.717) is 6.10 Å². The third kappa shape index (κ3) is 8.57. The van der Waals surface area contributed by atoms with Crippen LogP contribution in [0.4, 0.5) is 0 Å². The highest BCUT2D eigenvalue weighted by Crippen LogP contribution is 2.11. The zero-order valence-electron chi connectivity index (χ0n) is 13.8. The molecule has 1 aromatic heterocycles. The van der Waals surface area contributed by atoms with Gasteiger partial charge < -0.3 is 24.5 Å². The van der Waals surface area contributed by atoms with E-state index in [9.17, 15) is 0 Å². The van der Waals surface area contributed by atoms with Crippen molar-refractivity contribution >= 4 is 29.9 Å². The molecule has 6 nitrogen and oxygen atoms in total. The van der Waals surface area contributed by atoms with Crippen molar-refractivity contribution in [2.24, 2.45) is 4.99 Å². The van der Waals surface area contributed by atoms with Crippen LogP contribution in [-0.4, -0.2) is 52.0 Å². The summed E-state index contributed by atoms with van der Waals surface area (Å²) in [5, 5.41) is 6.54. The van der Waals surface area contributed by atoms with Crippen molar-refractivity contribution in [1.29, 1.82) is 0 Å². The van der Waals surface area contributed by atoms with E-state index in [4.69, 9.17) is 13.9 Å². The van der Waals surface area contributed by atoms with Crippen LogP contribution in [-0.2, 0) is 15.9 Å². The number of nitrogens with zero attached hydrogens (tertiary/aromatic N) is 1. The summed E-state index contributed by atoms with van der Waals surface area (Å²) >= 11 is 0. The highest BCUT2D eigenvalue weighted by Gasteiger charge is 2.14. The summed E-state index contributed by atoms with van der Waals surface area (Å²) in [4.78, 5) is 4.19. The Morgan fingerprint density at radius 1 is 1.39 bits per heavy atom. The smallest absolute Gasteiger partial charge is 0.190 e. The van der Waals surface area contributed by atoms with Gasteiger partial charge in [-0.3, -0.25) is 4.99 Å². The minimum Gasteiger partial charge on any atom is -0.469 e. The fraction of sp³-hybridized carbons (Fsp3) is 0.688. The lowest BCUT2D eigenvalue weighted by molar-refractivity contribution is 0.0168. The van der Waals surface area contributed by atoms with Crippen LogP contribution in [0.2, 0.25) is 0 Å². The standard InChI is InChI=1S/C16H27N3O3.HI/c1-17-16(19-9-7-14-5-2-11-21-14)18-8-4-10-20-13-15-6-3-12-22-15;/h2,5,11,15H,3-4,6-10,12-13H2,1H3,(H2,17,18,19);1H. The molecule has 1 fully saturated rings. The number of furan rings is 1. The van der Waals surface area contributed by atoms with Crippen LogP contribution in [0.3, 0.4) is 0 Å². The van der Waals surface area contributed by atoms with Gasteiger partial charge in [-0.05, 0) is 31.4 Å². The summed E-state index contributed by atoms with van der Waals surface area (Å²) in [6.07, 6.45) is 6.09. The van der Waals surface area contributed by atoms with E-state index in [-0.39, 0.29) is 24.0 Å². The first kappa shape index (κ1) is 20.2. The number of guanidine groups is 1. The second-order valence-electron chi connectivity index (χ2n) is 5.32. The lowest BCUT2D eigenvalue weighted by atomic mass is 10.2. The van der Waals surface area contributed by atoms with E-state index < -0.39 is 0 Å². The molecule has 0 saturated carbocycles. The van der Waals surface area contributed by atoms with Crippen LogP contribution in [0.1, 0.15) is 25.0 Å². The summed E-state index contributed by atoms with van der Waals surface area (Å²) in [6, 6.07) is 3.88. The molecule has 1 atom stereocenters. The van der Waals surface area contributed by atoms with Crippen LogP contribution in [0.5, 0.6) is 0 Å². The molecule has 132 valence electrons. The number of hydrogen-bond acceptors (Lipinski definition) is 4. The first-order valence-corrected chi connectivity index (χ1v) is 8.04. The second kappa shape index (κ2) is 12.6. The Bertz CT molecular complexity index is 420. The number of halogens is 1. The van der Waals surface area contributed by atoms with E-state index in [1.54, 1.807) is 13.3 Å². The number of aliphatic imine (C=N–C) groups is 1. The average Bonchev–Trinajstić information content (AvgIpc) is 3.22. The van der Waals surface area contributed by atoms with Crippen molar-refractivity contribution in [3.63, 3.8) is 0 Å². The predicted octanol–water partition coefficient (Wildman–Crippen LogP) is 2.19. The maximum atomic E-state index is 5.63. The van der Waals surface area contributed by atoms with Gasteiger partial charge >= 0.3 is 0 Å². The van der Waals surface area contributed by atoms with Crippen molar-refractivity contribution < 1.29 is 13.9 Å². The van der Waals surface area contributed by atoms with Gasteiger partial charge in [0.25, 0.3) is 0 Å². The second-order valence-corrected chi connectivity index (χ2v) is 5.32. The molecule has 0 aliphatic carbocycles. The van der Waals surface area contributed by atoms with Crippen LogP contribution < -0.4 is 10.6 Å². The molecule has 1 unspecified atom stereocenters. The number of nitrogens with one attached hydrogen (secondary N) is 2. The Morgan fingerprint density at radius 2 is 2.26 bits per heavy atom. The molecule has 0 aromatic carbocycles. The number of rotatable bonds is 9. The van der Waals surface area contributed by atoms with Gasteiger partial charge in [0.1, 0.15) is 5.76 Å². The Labute approximate surface area is 155 Å². The van der Waals surface area contributed by atoms with Gasteiger partial charge in [0.15, 0.2) is 5.96 Å². The van der Waals surface area contributed by atoms with E-state index in [2.05, 4.69) is 15.6 Å². The van der Waals surface area contributed by atoms with Crippen LogP contribution in [0.25, 0.3) is 0 Å². The van der Waals surface area contributed by atoms with E-state index in [0.717, 1.165) is 70.3 Å². The molecule has 1 aliphatic heterocycles. The quantitative estimate of drug-likeness (QED) is 0.268. The minimum atomic E-state index is 0. The van der Waals surface area contributed by atoms with Crippen molar-refractivity contribution in [3.05, 3.63) is 24.2 Å². The Hall–Kier alpha value is -0.800. The SMILES string of the molecule is CN=C(NCCCOCC1CCCO1)NCCc1ccco1.I. The molecule has 0 radical (unpaired) electrons. The topological polar surface area (TPSA) is 68.0 Å². The molecule has 2 heterocycles. The first-order valence-electron chi connectivity index (χ1n) is 8.04. The van der Waals surface area contributed by atoms with Crippen LogP contribution in [0.15, 0.2) is 27.8 Å². The lowest BCUT2D eigenvalue weighted by Crippen LogP contribution is -2.39. The molecule has 2 N–H and O–H groups in total. The highest BCUT2D eigenvalue weighted by atomic mass is 127. The van der Waals surface area contributed by atoms with Gasteiger partial charge in [-0.2, -0.15) is 0 Å². The predicted molar refractivity (Wildman–Crippen MR) is 102 cm³/mol. The van der Waals surface area contributed by atoms with Gasteiger partial charge in [-0.15, -0.1) is 24.0 Å². The lowest BCUT2D eigenvalue weighted by Gasteiger charge is -2.12. The van der Waals surface area contributed by atoms with Gasteiger partial charge in [0.2, 0.25) is 0 Å². The summed E-state index contributed by atoms with van der Waals surface area (Å²) in [5.41, 5.74) is 0. The summed E-state index contributed by atoms with van der Waals surface area (Å²) in [6.45, 7) is 3.98. The van der Waals surface area contributed by atoms with Gasteiger partial charge in [0.05, 0.1) is 19.0 Å². The van der Waals surface area contributed by atoms with Gasteiger partial charge in [-0.25, -0.2) is 0 Å². The molecular formula is C16H28IN3O3. The number of hydrogen-bond donors (Lipinski definition) is 2. The third-order valence-corrected chi connectivity index (χ3v) is 3.55. The third-order valence-electron chi connectivity index (χ3n) is 3.55. The monoisotopic (exact) mass is 437 g/mol. The zero-order chi connectivity index (χ0) is 15.5. The summed E-state index contributed by atoms with van der Waals surface area (Å²) in [7, 11) is 1.77. The Morgan fingerprint density at radius 3 is 2.96 bits per heavy atom. The van der Waals surface area contributed by atoms with Crippen LogP contribution in [0, 0.1) is 0 Å². The fourth-order valence-electron chi connectivity index (χ4n) is 2.35. The molecule has 1 aliphatic rings. The maximum absolute atomic E-state index is 5.63. The molecule has 0 amide bonds. The fourth-order valence-corrected chi connectivity index (χ4v) is 2.35. The Balaban J connectivity index is 0.00000264. The van der Waals surface area contributed by atoms with Crippen LogP contribution >= 0.6 is 24.0 Å². The highest BCUT2D eigenvalue weighted by molar-refractivity contribution is 14.0. The van der Waals surface area contributed by atoms with Gasteiger partial charge in [0, 0.05) is 39.8 Å². The molecule has 2 rings (SSSR count). The minimum absolute atomic E-state index is 0. The summed E-state index contributed by atoms with van der Waals surface area (Å²) < 4.78 is 16.4. The molecule has 7 heteroatoms. The first-order chi connectivity index (χ1) is 10.9. The molecule has 1 aromatic rings. The zero-order valence-corrected chi connectivity index (χ0v) is 16.1. The summed E-state index contributed by atoms with van der Waals surface area (Å²) in [5.74, 6) is 1.79. The maximum Gasteiger partial charge on any atom is 0.190 e. The largest absolute Gasteiger partial charge is 0.469 e. The average molecular weight is 437 g/mol. The van der Waals surface area contributed by atoms with Crippen molar-refractivity contribution in [3.8, 4) is 0 Å². The van der Waals surface area contributed by atoms with E-state index >= 15 is 0 Å². The van der Waals surface area contributed by atoms with Crippen molar-refractivity contribution in [2.45, 2.75) is 31.8 Å². The normalized spacial score (nSPS) is 17.8. The van der Waals surface area contributed by atoms with Gasteiger partial charge in [-0.1, -0.05) is 0 Å². The van der Waals surface area contributed by atoms with E-state index in [1.807, 2.05) is 12.1 Å². The van der Waals surface area contributed by atoms with Crippen molar-refractivity contribution in [1.82, 2.24) is 10.6 Å². The molecule has 23 heavy (non-hydrogen) atoms.